The molecule has 4 rings (SSSR count). The maximum atomic E-state index is 12.7. The van der Waals surface area contributed by atoms with Gasteiger partial charge in [0.1, 0.15) is 11.6 Å². The zero-order chi connectivity index (χ0) is 20.5. The van der Waals surface area contributed by atoms with E-state index in [-0.39, 0.29) is 5.91 Å². The van der Waals surface area contributed by atoms with Crippen LogP contribution in [0.3, 0.4) is 0 Å². The van der Waals surface area contributed by atoms with Gasteiger partial charge in [0, 0.05) is 17.0 Å². The number of benzene rings is 2. The van der Waals surface area contributed by atoms with Crippen molar-refractivity contribution in [2.75, 3.05) is 12.4 Å². The van der Waals surface area contributed by atoms with E-state index in [1.54, 1.807) is 36.1 Å². The molecule has 2 aromatic heterocycles. The minimum Gasteiger partial charge on any atom is -0.497 e. The molecule has 0 unspecified atom stereocenters. The van der Waals surface area contributed by atoms with E-state index in [1.165, 1.54) is 0 Å². The van der Waals surface area contributed by atoms with Crippen LogP contribution in [0.15, 0.2) is 54.6 Å². The first-order chi connectivity index (χ1) is 14.0. The second-order valence-corrected chi connectivity index (χ2v) is 7.03. The molecule has 1 N–H and O–H groups in total. The highest BCUT2D eigenvalue weighted by Gasteiger charge is 2.15. The number of anilines is 1. The van der Waals surface area contributed by atoms with Crippen molar-refractivity contribution < 1.29 is 9.53 Å². The second-order valence-electron chi connectivity index (χ2n) is 7.03. The van der Waals surface area contributed by atoms with Gasteiger partial charge < -0.3 is 10.1 Å². The molecule has 0 saturated carbocycles. The molecule has 4 aromatic rings. The Bertz CT molecular complexity index is 1210. The summed E-state index contributed by atoms with van der Waals surface area (Å²) >= 11 is 0. The minimum absolute atomic E-state index is 0.220. The molecule has 0 fully saturated rings. The number of fused-ring (bicyclic) bond motifs is 1. The van der Waals surface area contributed by atoms with Crippen LogP contribution in [0.1, 0.15) is 27.2 Å². The number of ether oxygens (including phenoxy) is 1. The molecule has 29 heavy (non-hydrogen) atoms. The van der Waals surface area contributed by atoms with E-state index in [9.17, 15) is 4.79 Å². The number of methoxy groups -OCH3 is 1. The van der Waals surface area contributed by atoms with E-state index in [1.807, 2.05) is 38.1 Å². The number of amides is 1. The standard InChI is InChI=1S/C23H22N4O2/c1-14-6-5-7-19-15(2)12-20(24-22(14)19)27-21(13-16(3)26-27)25-23(28)17-8-10-18(29-4)11-9-17/h5-13H,1-4H3,(H,25,28). The molecule has 2 heterocycles. The Hall–Kier alpha value is -3.67. The first kappa shape index (κ1) is 18.7. The van der Waals surface area contributed by atoms with E-state index in [4.69, 9.17) is 9.72 Å². The number of hydrogen-bond acceptors (Lipinski definition) is 4. The van der Waals surface area contributed by atoms with Crippen LogP contribution in [0.5, 0.6) is 5.75 Å². The summed E-state index contributed by atoms with van der Waals surface area (Å²) in [6.45, 7) is 5.98. The number of carbonyl (C=O) groups excluding carboxylic acids is 1. The highest BCUT2D eigenvalue weighted by molar-refractivity contribution is 6.04. The van der Waals surface area contributed by atoms with Crippen molar-refractivity contribution in [2.24, 2.45) is 0 Å². The third-order valence-corrected chi connectivity index (χ3v) is 4.88. The van der Waals surface area contributed by atoms with Crippen molar-refractivity contribution in [3.05, 3.63) is 77.0 Å². The summed E-state index contributed by atoms with van der Waals surface area (Å²) in [4.78, 5) is 17.5. The van der Waals surface area contributed by atoms with E-state index in [0.29, 0.717) is 22.9 Å². The van der Waals surface area contributed by atoms with Crippen molar-refractivity contribution in [3.8, 4) is 11.6 Å². The molecule has 6 nitrogen and oxygen atoms in total. The Kier molecular flexibility index (Phi) is 4.76. The van der Waals surface area contributed by atoms with Crippen molar-refractivity contribution in [1.82, 2.24) is 14.8 Å². The van der Waals surface area contributed by atoms with E-state index >= 15 is 0 Å². The monoisotopic (exact) mass is 386 g/mol. The summed E-state index contributed by atoms with van der Waals surface area (Å²) in [7, 11) is 1.59. The molecular weight excluding hydrogens is 364 g/mol. The van der Waals surface area contributed by atoms with Crippen molar-refractivity contribution in [1.29, 1.82) is 0 Å². The smallest absolute Gasteiger partial charge is 0.256 e. The lowest BCUT2D eigenvalue weighted by atomic mass is 10.1. The molecule has 2 aromatic carbocycles. The Balaban J connectivity index is 1.72. The molecule has 0 radical (unpaired) electrons. The lowest BCUT2D eigenvalue weighted by molar-refractivity contribution is 0.102. The Labute approximate surface area is 169 Å². The molecule has 0 spiro atoms. The van der Waals surface area contributed by atoms with E-state index in [0.717, 1.165) is 27.7 Å². The Morgan fingerprint density at radius 3 is 2.48 bits per heavy atom. The quantitative estimate of drug-likeness (QED) is 0.556. The van der Waals surface area contributed by atoms with Crippen LogP contribution < -0.4 is 10.1 Å². The fraction of sp³-hybridized carbons (Fsp3) is 0.174. The number of carbonyl (C=O) groups is 1. The lowest BCUT2D eigenvalue weighted by Crippen LogP contribution is -2.15. The van der Waals surface area contributed by atoms with Crippen LogP contribution in [0.4, 0.5) is 5.82 Å². The number of para-hydroxylation sites is 1. The normalized spacial score (nSPS) is 10.9. The summed E-state index contributed by atoms with van der Waals surface area (Å²) < 4.78 is 6.83. The third-order valence-electron chi connectivity index (χ3n) is 4.88. The molecule has 0 aliphatic heterocycles. The Morgan fingerprint density at radius 1 is 1.00 bits per heavy atom. The van der Waals surface area contributed by atoms with Gasteiger partial charge in [-0.15, -0.1) is 0 Å². The van der Waals surface area contributed by atoms with E-state index < -0.39 is 0 Å². The third kappa shape index (κ3) is 3.57. The van der Waals surface area contributed by atoms with Gasteiger partial charge in [0.15, 0.2) is 5.82 Å². The van der Waals surface area contributed by atoms with Gasteiger partial charge in [-0.3, -0.25) is 4.79 Å². The molecule has 0 atom stereocenters. The summed E-state index contributed by atoms with van der Waals surface area (Å²) in [5, 5.41) is 8.61. The van der Waals surface area contributed by atoms with Gasteiger partial charge >= 0.3 is 0 Å². The Morgan fingerprint density at radius 2 is 1.76 bits per heavy atom. The molecular formula is C23H22N4O2. The molecule has 0 saturated heterocycles. The SMILES string of the molecule is COc1ccc(C(=O)Nc2cc(C)nn2-c2cc(C)c3cccc(C)c3n2)cc1. The van der Waals surface area contributed by atoms with Gasteiger partial charge in [0.05, 0.1) is 18.3 Å². The predicted molar refractivity (Wildman–Crippen MR) is 114 cm³/mol. The van der Waals surface area contributed by atoms with Gasteiger partial charge in [-0.2, -0.15) is 9.78 Å². The number of hydrogen-bond donors (Lipinski definition) is 1. The van der Waals surface area contributed by atoms with Gasteiger partial charge in [-0.1, -0.05) is 18.2 Å². The van der Waals surface area contributed by atoms with Crippen molar-refractivity contribution in [3.63, 3.8) is 0 Å². The fourth-order valence-corrected chi connectivity index (χ4v) is 3.35. The predicted octanol–water partition coefficient (Wildman–Crippen LogP) is 4.61. The maximum Gasteiger partial charge on any atom is 0.256 e. The van der Waals surface area contributed by atoms with Crippen LogP contribution in [-0.4, -0.2) is 27.8 Å². The largest absolute Gasteiger partial charge is 0.497 e. The van der Waals surface area contributed by atoms with Crippen molar-refractivity contribution in [2.45, 2.75) is 20.8 Å². The van der Waals surface area contributed by atoms with Gasteiger partial charge in [0.25, 0.3) is 5.91 Å². The topological polar surface area (TPSA) is 69.0 Å². The number of aromatic nitrogens is 3. The number of pyridine rings is 1. The summed E-state index contributed by atoms with van der Waals surface area (Å²) in [5.41, 5.74) is 4.46. The summed E-state index contributed by atoms with van der Waals surface area (Å²) in [6.07, 6.45) is 0. The van der Waals surface area contributed by atoms with E-state index in [2.05, 4.69) is 23.4 Å². The van der Waals surface area contributed by atoms with Crippen LogP contribution in [0, 0.1) is 20.8 Å². The first-order valence-electron chi connectivity index (χ1n) is 9.35. The number of nitrogens with zero attached hydrogens (tertiary/aromatic N) is 3. The van der Waals surface area contributed by atoms with Crippen LogP contribution in [0.2, 0.25) is 0 Å². The highest BCUT2D eigenvalue weighted by atomic mass is 16.5. The number of aryl methyl sites for hydroxylation is 3. The zero-order valence-electron chi connectivity index (χ0n) is 16.9. The number of rotatable bonds is 4. The molecule has 0 aliphatic carbocycles. The second kappa shape index (κ2) is 7.39. The fourth-order valence-electron chi connectivity index (χ4n) is 3.35. The molecule has 1 amide bonds. The first-order valence-corrected chi connectivity index (χ1v) is 9.35. The van der Waals surface area contributed by atoms with Gasteiger partial charge in [-0.25, -0.2) is 4.98 Å². The molecule has 146 valence electrons. The highest BCUT2D eigenvalue weighted by Crippen LogP contribution is 2.24. The van der Waals surface area contributed by atoms with Gasteiger partial charge in [-0.05, 0) is 62.2 Å². The van der Waals surface area contributed by atoms with Crippen molar-refractivity contribution >= 4 is 22.6 Å². The van der Waals surface area contributed by atoms with Crippen LogP contribution >= 0.6 is 0 Å². The minimum atomic E-state index is -0.220. The average molecular weight is 386 g/mol. The maximum absolute atomic E-state index is 12.7. The zero-order valence-corrected chi connectivity index (χ0v) is 16.9. The molecule has 6 heteroatoms. The summed E-state index contributed by atoms with van der Waals surface area (Å²) in [6, 6.07) is 16.9. The summed E-state index contributed by atoms with van der Waals surface area (Å²) in [5.74, 6) is 1.72. The molecule has 0 aliphatic rings. The lowest BCUT2D eigenvalue weighted by Gasteiger charge is -2.12. The average Bonchev–Trinajstić information content (AvgIpc) is 3.08. The molecule has 0 bridgehead atoms. The number of nitrogens with one attached hydrogen (secondary N) is 1. The van der Waals surface area contributed by atoms with Crippen LogP contribution in [0.25, 0.3) is 16.7 Å². The van der Waals surface area contributed by atoms with Gasteiger partial charge in [0.2, 0.25) is 0 Å². The van der Waals surface area contributed by atoms with Crippen LogP contribution in [-0.2, 0) is 0 Å².